The second-order valence-corrected chi connectivity index (χ2v) is 18.4. The molecule has 0 bridgehead atoms. The van der Waals surface area contributed by atoms with Crippen molar-refractivity contribution in [2.75, 3.05) is 6.61 Å². The van der Waals surface area contributed by atoms with Gasteiger partial charge in [-0.1, -0.05) is 34.6 Å². The quantitative estimate of drug-likeness (QED) is 0.224. The fraction of sp³-hybridized carbons (Fsp3) is 1.00. The first-order valence-electron chi connectivity index (χ1n) is 17.9. The van der Waals surface area contributed by atoms with Crippen LogP contribution < -0.4 is 0 Å². The van der Waals surface area contributed by atoms with Gasteiger partial charge in [0.2, 0.25) is 0 Å². The van der Waals surface area contributed by atoms with Crippen molar-refractivity contribution in [3.05, 3.63) is 0 Å². The lowest BCUT2D eigenvalue weighted by Crippen LogP contribution is -2.71. The Bertz CT molecular complexity index is 1150. The van der Waals surface area contributed by atoms with Gasteiger partial charge in [0, 0.05) is 0 Å². The number of hydrogen-bond donors (Lipinski definition) is 7. The Kier molecular flexibility index (Phi) is 8.71. The van der Waals surface area contributed by atoms with Crippen LogP contribution in [0.15, 0.2) is 0 Å². The minimum absolute atomic E-state index is 0.0277. The summed E-state index contributed by atoms with van der Waals surface area (Å²) in [5.41, 5.74) is -2.61. The van der Waals surface area contributed by atoms with E-state index < -0.39 is 78.3 Å². The molecule has 6 fully saturated rings. The second-order valence-electron chi connectivity index (χ2n) is 18.4. The van der Waals surface area contributed by atoms with Gasteiger partial charge in [0.05, 0.1) is 42.2 Å². The zero-order chi connectivity index (χ0) is 34.0. The van der Waals surface area contributed by atoms with Crippen molar-refractivity contribution in [2.45, 2.75) is 173 Å². The molecular weight excluding hydrogens is 592 g/mol. The molecule has 46 heavy (non-hydrogen) atoms. The highest BCUT2D eigenvalue weighted by atomic mass is 16.7. The van der Waals surface area contributed by atoms with E-state index in [0.717, 1.165) is 25.7 Å². The summed E-state index contributed by atoms with van der Waals surface area (Å²) in [6.45, 7) is 16.7. The van der Waals surface area contributed by atoms with Crippen LogP contribution in [-0.2, 0) is 14.2 Å². The normalized spacial score (nSPS) is 58.1. The third-order valence-electron chi connectivity index (χ3n) is 15.4. The molecule has 2 heterocycles. The summed E-state index contributed by atoms with van der Waals surface area (Å²) < 4.78 is 19.4. The van der Waals surface area contributed by atoms with Gasteiger partial charge in [-0.25, -0.2) is 0 Å². The van der Waals surface area contributed by atoms with Crippen LogP contribution in [0.25, 0.3) is 0 Å². The van der Waals surface area contributed by atoms with Crippen molar-refractivity contribution in [2.24, 2.45) is 45.3 Å². The molecule has 0 amide bonds. The van der Waals surface area contributed by atoms with Gasteiger partial charge in [-0.15, -0.1) is 0 Å². The highest BCUT2D eigenvalue weighted by Crippen LogP contribution is 2.76. The molecule has 266 valence electrons. The van der Waals surface area contributed by atoms with Crippen LogP contribution in [0, 0.1) is 45.3 Å². The summed E-state index contributed by atoms with van der Waals surface area (Å²) >= 11 is 0. The Labute approximate surface area is 274 Å². The van der Waals surface area contributed by atoms with E-state index in [1.54, 1.807) is 0 Å². The molecule has 17 atom stereocenters. The summed E-state index contributed by atoms with van der Waals surface area (Å²) in [5, 5.41) is 76.3. The first-order chi connectivity index (χ1) is 21.2. The van der Waals surface area contributed by atoms with Crippen molar-refractivity contribution >= 4 is 0 Å². The highest BCUT2D eigenvalue weighted by Gasteiger charge is 2.74. The van der Waals surface area contributed by atoms with Crippen molar-refractivity contribution in [3.63, 3.8) is 0 Å². The van der Waals surface area contributed by atoms with Crippen LogP contribution in [0.5, 0.6) is 0 Å². The second kappa shape index (κ2) is 11.3. The third kappa shape index (κ3) is 4.86. The van der Waals surface area contributed by atoms with E-state index in [4.69, 9.17) is 14.2 Å². The highest BCUT2D eigenvalue weighted by molar-refractivity contribution is 5.22. The van der Waals surface area contributed by atoms with Gasteiger partial charge in [-0.2, -0.15) is 0 Å². The third-order valence-corrected chi connectivity index (χ3v) is 15.4. The van der Waals surface area contributed by atoms with Gasteiger partial charge in [0.25, 0.3) is 0 Å². The lowest BCUT2D eigenvalue weighted by molar-refractivity contribution is -0.347. The molecule has 0 aromatic carbocycles. The maximum atomic E-state index is 12.2. The van der Waals surface area contributed by atoms with Gasteiger partial charge in [-0.3, -0.25) is 0 Å². The van der Waals surface area contributed by atoms with E-state index in [1.165, 1.54) is 0 Å². The first kappa shape index (κ1) is 35.4. The molecule has 2 saturated heterocycles. The van der Waals surface area contributed by atoms with Crippen molar-refractivity contribution in [3.8, 4) is 0 Å². The molecule has 7 N–H and O–H groups in total. The maximum absolute atomic E-state index is 12.2. The molecule has 2 aliphatic heterocycles. The van der Waals surface area contributed by atoms with Crippen LogP contribution in [0.4, 0.5) is 0 Å². The van der Waals surface area contributed by atoms with E-state index in [9.17, 15) is 35.7 Å². The van der Waals surface area contributed by atoms with Crippen LogP contribution in [0.1, 0.15) is 107 Å². The van der Waals surface area contributed by atoms with Crippen molar-refractivity contribution in [1.29, 1.82) is 0 Å². The average Bonchev–Trinajstić information content (AvgIpc) is 3.35. The molecule has 4 unspecified atom stereocenters. The number of hydrogen-bond acceptors (Lipinski definition) is 10. The smallest absolute Gasteiger partial charge is 0.186 e. The van der Waals surface area contributed by atoms with E-state index in [0.29, 0.717) is 25.7 Å². The summed E-state index contributed by atoms with van der Waals surface area (Å²) in [6, 6.07) is 0. The maximum Gasteiger partial charge on any atom is 0.186 e. The van der Waals surface area contributed by atoms with E-state index >= 15 is 0 Å². The number of ether oxygens (including phenoxy) is 3. The number of aliphatic hydroxyl groups excluding tert-OH is 7. The summed E-state index contributed by atoms with van der Waals surface area (Å²) in [4.78, 5) is 0. The topological polar surface area (TPSA) is 169 Å². The number of aliphatic hydroxyl groups is 7. The Morgan fingerprint density at radius 3 is 2.02 bits per heavy atom. The monoisotopic (exact) mass is 654 g/mol. The average molecular weight is 655 g/mol. The Balaban J connectivity index is 1.40. The van der Waals surface area contributed by atoms with Gasteiger partial charge < -0.3 is 50.0 Å². The summed E-state index contributed by atoms with van der Waals surface area (Å²) in [6.07, 6.45) is -3.11. The van der Waals surface area contributed by atoms with Crippen LogP contribution in [0.2, 0.25) is 0 Å². The largest absolute Gasteiger partial charge is 0.394 e. The van der Waals surface area contributed by atoms with Gasteiger partial charge >= 0.3 is 0 Å². The van der Waals surface area contributed by atoms with Gasteiger partial charge in [0.15, 0.2) is 6.29 Å². The van der Waals surface area contributed by atoms with E-state index in [2.05, 4.69) is 41.5 Å². The number of fused-ring (bicyclic) bond motifs is 5. The predicted molar refractivity (Wildman–Crippen MR) is 169 cm³/mol. The molecule has 0 aromatic rings. The fourth-order valence-corrected chi connectivity index (χ4v) is 12.8. The lowest BCUT2D eigenvalue weighted by Gasteiger charge is -2.72. The van der Waals surface area contributed by atoms with E-state index in [1.807, 2.05) is 13.8 Å². The molecule has 4 aliphatic carbocycles. The SMILES string of the molecule is CC1(C)O[C@](C)(C2CC[C@]3(C)C2[C@H](O)CC2[C@@]4(C)CC[C@H](O)C(C)(C)C4[C@@H](O[C@@H]4O[C@H](CO)[C@@H](O)[C@H](O)[C@H]4O)C[C@]23C)CC[C@H]1O. The molecule has 4 saturated carbocycles. The number of rotatable bonds is 4. The lowest BCUT2D eigenvalue weighted by atomic mass is 9.34. The molecule has 0 radical (unpaired) electrons. The molecule has 0 aromatic heterocycles. The molecule has 0 spiro atoms. The fourth-order valence-electron chi connectivity index (χ4n) is 12.8. The Morgan fingerprint density at radius 2 is 1.39 bits per heavy atom. The molecule has 6 aliphatic rings. The predicted octanol–water partition coefficient (Wildman–Crippen LogP) is 2.51. The molecule has 6 rings (SSSR count). The summed E-state index contributed by atoms with van der Waals surface area (Å²) in [7, 11) is 0. The van der Waals surface area contributed by atoms with Crippen LogP contribution >= 0.6 is 0 Å². The molecule has 10 heteroatoms. The van der Waals surface area contributed by atoms with Crippen molar-refractivity contribution in [1.82, 2.24) is 0 Å². The van der Waals surface area contributed by atoms with E-state index in [-0.39, 0.29) is 39.9 Å². The summed E-state index contributed by atoms with van der Waals surface area (Å²) in [5.74, 6) is 0.0667. The standard InChI is InChI=1S/C36H62O10/c1-31(2)23(39)10-12-33(5)22-15-19(38)25-18(36(8)14-11-24(40)32(3,4)46-36)9-13-34(25,6)35(22,7)16-20(29(31)33)44-30-28(43)27(42)26(41)21(17-37)45-30/h18-30,37-43H,9-17H2,1-8H3/t18?,19-,20+,21-,22?,23+,24-,25?,26-,27+,28-,29?,30-,33-,34-,35-,36+/m1/s1. The zero-order valence-electron chi connectivity index (χ0n) is 29.2. The van der Waals surface area contributed by atoms with Crippen molar-refractivity contribution < 1.29 is 50.0 Å². The molecule has 10 nitrogen and oxygen atoms in total. The minimum atomic E-state index is -1.54. The van der Waals surface area contributed by atoms with Gasteiger partial charge in [0.1, 0.15) is 24.4 Å². The Morgan fingerprint density at radius 1 is 0.739 bits per heavy atom. The molecular formula is C36H62O10. The zero-order valence-corrected chi connectivity index (χ0v) is 29.2. The van der Waals surface area contributed by atoms with Crippen LogP contribution in [0.3, 0.4) is 0 Å². The van der Waals surface area contributed by atoms with Crippen LogP contribution in [-0.4, -0.2) is 109 Å². The minimum Gasteiger partial charge on any atom is -0.394 e. The van der Waals surface area contributed by atoms with Gasteiger partial charge in [-0.05, 0) is 117 Å². The Hall–Kier alpha value is -0.400. The first-order valence-corrected chi connectivity index (χ1v) is 17.9.